The predicted molar refractivity (Wildman–Crippen MR) is 66.7 cm³/mol. The van der Waals surface area contributed by atoms with Crippen LogP contribution in [0.4, 0.5) is 0 Å². The third-order valence-electron chi connectivity index (χ3n) is 2.30. The van der Waals surface area contributed by atoms with Crippen LogP contribution in [0.5, 0.6) is 5.75 Å². The molecule has 1 aromatic heterocycles. The lowest BCUT2D eigenvalue weighted by Crippen LogP contribution is -2.20. The molecule has 0 radical (unpaired) electrons. The van der Waals surface area contributed by atoms with Crippen LogP contribution in [0.1, 0.15) is 30.7 Å². The first-order chi connectivity index (χ1) is 7.33. The summed E-state index contributed by atoms with van der Waals surface area (Å²) in [6.07, 6.45) is 4.07. The lowest BCUT2D eigenvalue weighted by Gasteiger charge is -2.16. The number of allylic oxidation sites excluding steroid dienone is 1. The van der Waals surface area contributed by atoms with Gasteiger partial charge < -0.3 is 10.1 Å². The van der Waals surface area contributed by atoms with Crippen LogP contribution in [0.2, 0.25) is 0 Å². The highest BCUT2D eigenvalue weighted by molar-refractivity contribution is 7.10. The highest BCUT2D eigenvalue weighted by Crippen LogP contribution is 2.33. The summed E-state index contributed by atoms with van der Waals surface area (Å²) in [6, 6.07) is 2.42. The fourth-order valence-electron chi connectivity index (χ4n) is 1.59. The van der Waals surface area contributed by atoms with Crippen LogP contribution in [-0.2, 0) is 0 Å². The van der Waals surface area contributed by atoms with E-state index in [4.69, 9.17) is 4.74 Å². The molecule has 1 heterocycles. The minimum absolute atomic E-state index is 0.392. The van der Waals surface area contributed by atoms with Crippen LogP contribution in [-0.4, -0.2) is 13.7 Å². The molecule has 0 bridgehead atoms. The standard InChI is InChI=1S/C12H19NOS/c1-4-6-7-10(13-5-2)12-11(14-3)8-9-15-12/h4,8-10,13H,1,5-7H2,2-3H3. The minimum atomic E-state index is 0.392. The summed E-state index contributed by atoms with van der Waals surface area (Å²) in [6.45, 7) is 6.86. The van der Waals surface area contributed by atoms with Crippen molar-refractivity contribution in [2.24, 2.45) is 0 Å². The van der Waals surface area contributed by atoms with Gasteiger partial charge in [0.05, 0.1) is 12.0 Å². The smallest absolute Gasteiger partial charge is 0.134 e. The van der Waals surface area contributed by atoms with Gasteiger partial charge in [0.15, 0.2) is 0 Å². The fourth-order valence-corrected chi connectivity index (χ4v) is 2.56. The van der Waals surface area contributed by atoms with E-state index in [2.05, 4.69) is 24.2 Å². The molecule has 1 unspecified atom stereocenters. The molecule has 0 aliphatic rings. The van der Waals surface area contributed by atoms with Crippen molar-refractivity contribution in [1.82, 2.24) is 5.32 Å². The Morgan fingerprint density at radius 1 is 1.67 bits per heavy atom. The molecule has 0 aliphatic heterocycles. The summed E-state index contributed by atoms with van der Waals surface area (Å²) < 4.78 is 5.34. The number of ether oxygens (including phenoxy) is 1. The first-order valence-electron chi connectivity index (χ1n) is 5.29. The summed E-state index contributed by atoms with van der Waals surface area (Å²) in [5.74, 6) is 0.995. The maximum Gasteiger partial charge on any atom is 0.134 e. The second kappa shape index (κ2) is 6.64. The number of rotatable bonds is 7. The summed E-state index contributed by atoms with van der Waals surface area (Å²) in [4.78, 5) is 1.29. The quantitative estimate of drug-likeness (QED) is 0.718. The number of nitrogens with one attached hydrogen (secondary N) is 1. The zero-order valence-electron chi connectivity index (χ0n) is 9.45. The Morgan fingerprint density at radius 2 is 2.47 bits per heavy atom. The summed E-state index contributed by atoms with van der Waals surface area (Å²) in [5, 5.41) is 5.55. The van der Waals surface area contributed by atoms with Gasteiger partial charge in [-0.05, 0) is 30.8 Å². The first-order valence-corrected chi connectivity index (χ1v) is 6.17. The van der Waals surface area contributed by atoms with Crippen LogP contribution in [0, 0.1) is 0 Å². The second-order valence-electron chi connectivity index (χ2n) is 3.33. The van der Waals surface area contributed by atoms with Crippen molar-refractivity contribution >= 4 is 11.3 Å². The average molecular weight is 225 g/mol. The van der Waals surface area contributed by atoms with Crippen LogP contribution in [0.15, 0.2) is 24.1 Å². The molecule has 1 atom stereocenters. The van der Waals surface area contributed by atoms with Crippen LogP contribution < -0.4 is 10.1 Å². The first kappa shape index (κ1) is 12.3. The topological polar surface area (TPSA) is 21.3 Å². The van der Waals surface area contributed by atoms with E-state index in [1.165, 1.54) is 4.88 Å². The number of hydrogen-bond donors (Lipinski definition) is 1. The molecule has 0 aliphatic carbocycles. The van der Waals surface area contributed by atoms with Crippen molar-refractivity contribution in [3.63, 3.8) is 0 Å². The van der Waals surface area contributed by atoms with Gasteiger partial charge in [0, 0.05) is 6.04 Å². The third kappa shape index (κ3) is 3.36. The van der Waals surface area contributed by atoms with E-state index in [1.807, 2.05) is 12.1 Å². The largest absolute Gasteiger partial charge is 0.496 e. The third-order valence-corrected chi connectivity index (χ3v) is 3.32. The highest BCUT2D eigenvalue weighted by Gasteiger charge is 2.15. The number of methoxy groups -OCH3 is 1. The fraction of sp³-hybridized carbons (Fsp3) is 0.500. The Morgan fingerprint density at radius 3 is 3.07 bits per heavy atom. The summed E-state index contributed by atoms with van der Waals surface area (Å²) >= 11 is 1.75. The summed E-state index contributed by atoms with van der Waals surface area (Å²) in [5.41, 5.74) is 0. The number of thiophene rings is 1. The highest BCUT2D eigenvalue weighted by atomic mass is 32.1. The van der Waals surface area contributed by atoms with Crippen molar-refractivity contribution in [3.8, 4) is 5.75 Å². The Bertz CT molecular complexity index is 296. The van der Waals surface area contributed by atoms with Gasteiger partial charge in [-0.3, -0.25) is 0 Å². The van der Waals surface area contributed by atoms with Crippen molar-refractivity contribution in [3.05, 3.63) is 29.0 Å². The normalized spacial score (nSPS) is 12.4. The maximum atomic E-state index is 5.34. The van der Waals surface area contributed by atoms with Gasteiger partial charge in [-0.25, -0.2) is 0 Å². The maximum absolute atomic E-state index is 5.34. The summed E-state index contributed by atoms with van der Waals surface area (Å²) in [7, 11) is 1.72. The Labute approximate surface area is 96.0 Å². The molecule has 1 rings (SSSR count). The van der Waals surface area contributed by atoms with Gasteiger partial charge in [0.2, 0.25) is 0 Å². The molecule has 1 aromatic rings. The molecule has 0 aromatic carbocycles. The molecule has 2 nitrogen and oxygen atoms in total. The molecular weight excluding hydrogens is 206 g/mol. The van der Waals surface area contributed by atoms with Crippen molar-refractivity contribution in [2.45, 2.75) is 25.8 Å². The van der Waals surface area contributed by atoms with Crippen LogP contribution >= 0.6 is 11.3 Å². The lowest BCUT2D eigenvalue weighted by atomic mass is 10.1. The van der Waals surface area contributed by atoms with E-state index < -0.39 is 0 Å². The number of hydrogen-bond acceptors (Lipinski definition) is 3. The van der Waals surface area contributed by atoms with Gasteiger partial charge in [-0.15, -0.1) is 17.9 Å². The molecular formula is C12H19NOS. The molecule has 84 valence electrons. The second-order valence-corrected chi connectivity index (χ2v) is 4.28. The molecule has 0 amide bonds. The van der Waals surface area contributed by atoms with Crippen molar-refractivity contribution < 1.29 is 4.74 Å². The van der Waals surface area contributed by atoms with Crippen molar-refractivity contribution in [2.75, 3.05) is 13.7 Å². The molecule has 0 fully saturated rings. The van der Waals surface area contributed by atoms with Gasteiger partial charge in [0.25, 0.3) is 0 Å². The average Bonchev–Trinajstić information content (AvgIpc) is 2.72. The van der Waals surface area contributed by atoms with Gasteiger partial charge in [-0.1, -0.05) is 13.0 Å². The van der Waals surface area contributed by atoms with E-state index in [0.29, 0.717) is 6.04 Å². The molecule has 0 saturated carbocycles. The Kier molecular flexibility index (Phi) is 5.43. The molecule has 0 spiro atoms. The Hall–Kier alpha value is -0.800. The van der Waals surface area contributed by atoms with Gasteiger partial charge in [0.1, 0.15) is 5.75 Å². The molecule has 1 N–H and O–H groups in total. The molecule has 15 heavy (non-hydrogen) atoms. The SMILES string of the molecule is C=CCCC(NCC)c1sccc1OC. The molecule has 0 saturated heterocycles. The zero-order valence-corrected chi connectivity index (χ0v) is 10.3. The lowest BCUT2D eigenvalue weighted by molar-refractivity contribution is 0.401. The van der Waals surface area contributed by atoms with Gasteiger partial charge >= 0.3 is 0 Å². The molecule has 3 heteroatoms. The zero-order chi connectivity index (χ0) is 11.1. The van der Waals surface area contributed by atoms with E-state index in [1.54, 1.807) is 18.4 Å². The predicted octanol–water partition coefficient (Wildman–Crippen LogP) is 3.37. The minimum Gasteiger partial charge on any atom is -0.496 e. The van der Waals surface area contributed by atoms with E-state index in [9.17, 15) is 0 Å². The monoisotopic (exact) mass is 225 g/mol. The van der Waals surface area contributed by atoms with Crippen molar-refractivity contribution in [1.29, 1.82) is 0 Å². The van der Waals surface area contributed by atoms with E-state index >= 15 is 0 Å². The van der Waals surface area contributed by atoms with E-state index in [0.717, 1.165) is 25.1 Å². The van der Waals surface area contributed by atoms with Crippen LogP contribution in [0.3, 0.4) is 0 Å². The van der Waals surface area contributed by atoms with E-state index in [-0.39, 0.29) is 0 Å². The van der Waals surface area contributed by atoms with Gasteiger partial charge in [-0.2, -0.15) is 0 Å². The Balaban J connectivity index is 2.73. The van der Waals surface area contributed by atoms with Crippen LogP contribution in [0.25, 0.3) is 0 Å².